The number of anilines is 1. The molecular weight excluding hydrogens is 484 g/mol. The Hall–Kier alpha value is -5.56. The summed E-state index contributed by atoms with van der Waals surface area (Å²) in [5, 5.41) is 0. The number of carbonyl (C=O) groups excluding carboxylic acids is 1. The second-order valence-corrected chi connectivity index (χ2v) is 8.23. The Morgan fingerprint density at radius 1 is 0.615 bits per heavy atom. The number of nitrogens with zero attached hydrogens (tertiary/aromatic N) is 3. The fraction of sp³-hybridized carbons (Fsp3) is 0. The van der Waals surface area contributed by atoms with Gasteiger partial charge in [-0.05, 0) is 17.7 Å². The van der Waals surface area contributed by atoms with Crippen LogP contribution >= 0.6 is 0 Å². The average Bonchev–Trinajstić information content (AvgIpc) is 3.74. The Labute approximate surface area is 227 Å². The summed E-state index contributed by atoms with van der Waals surface area (Å²) in [6.45, 7) is 0. The van der Waals surface area contributed by atoms with Crippen molar-refractivity contribution in [2.45, 2.75) is 0 Å². The number of imidazole rings is 2. The number of hydrogen-bond donors (Lipinski definition) is 3. The zero-order valence-electron chi connectivity index (χ0n) is 21.2. The molecule has 6 rings (SSSR count). The summed E-state index contributed by atoms with van der Waals surface area (Å²) >= 11 is 0. The molecule has 0 unspecified atom stereocenters. The summed E-state index contributed by atoms with van der Waals surface area (Å²) in [6.07, 6.45) is 9.58. The number of nitrogens with two attached hydrogens (primary N) is 1. The molecule has 192 valence electrons. The number of para-hydroxylation sites is 2. The first-order chi connectivity index (χ1) is 19.2. The first-order valence-electron chi connectivity index (χ1n) is 12.2. The Morgan fingerprint density at radius 2 is 1.13 bits per heavy atom. The number of nitrogen functional groups attached to an aromatic ring is 1. The van der Waals surface area contributed by atoms with Crippen molar-refractivity contribution in [1.29, 1.82) is 0 Å². The molecule has 2 aromatic heterocycles. The number of aldehydes is 1. The third-order valence-corrected chi connectivity index (χ3v) is 5.53. The molecule has 7 heteroatoms. The summed E-state index contributed by atoms with van der Waals surface area (Å²) in [5.74, 6) is 0. The van der Waals surface area contributed by atoms with E-state index in [1.807, 2.05) is 103 Å². The van der Waals surface area contributed by atoms with Gasteiger partial charge in [-0.2, -0.15) is 0 Å². The van der Waals surface area contributed by atoms with Crippen LogP contribution in [-0.4, -0.2) is 32.4 Å². The van der Waals surface area contributed by atoms with Crippen molar-refractivity contribution in [3.8, 4) is 22.5 Å². The molecular formula is C32H28N6O. The number of carbonyl (C=O) groups is 1. The monoisotopic (exact) mass is 512 g/mol. The maximum absolute atomic E-state index is 10.0. The number of rotatable bonds is 5. The topological polar surface area (TPSA) is 113 Å². The van der Waals surface area contributed by atoms with Crippen LogP contribution in [0.5, 0.6) is 0 Å². The van der Waals surface area contributed by atoms with Gasteiger partial charge < -0.3 is 15.7 Å². The highest BCUT2D eigenvalue weighted by Crippen LogP contribution is 2.28. The Kier molecular flexibility index (Phi) is 9.68. The lowest BCUT2D eigenvalue weighted by atomic mass is 10.1. The van der Waals surface area contributed by atoms with Crippen molar-refractivity contribution >= 4 is 23.9 Å². The van der Waals surface area contributed by atoms with Gasteiger partial charge in [-0.15, -0.1) is 0 Å². The Bertz CT molecular complexity index is 1560. The molecule has 4 N–H and O–H groups in total. The molecule has 39 heavy (non-hydrogen) atoms. The molecule has 0 aliphatic carbocycles. The van der Waals surface area contributed by atoms with Gasteiger partial charge in [0.1, 0.15) is 6.29 Å². The minimum atomic E-state index is 0.729. The molecule has 0 fully saturated rings. The second kappa shape index (κ2) is 14.2. The lowest BCUT2D eigenvalue weighted by Gasteiger charge is -2.02. The third kappa shape index (κ3) is 7.96. The van der Waals surface area contributed by atoms with Gasteiger partial charge >= 0.3 is 0 Å². The summed E-state index contributed by atoms with van der Waals surface area (Å²) in [7, 11) is 0. The number of benzene rings is 4. The minimum Gasteiger partial charge on any atom is -0.398 e. The van der Waals surface area contributed by atoms with Crippen LogP contribution in [0, 0.1) is 0 Å². The van der Waals surface area contributed by atoms with E-state index in [4.69, 9.17) is 5.73 Å². The first kappa shape index (κ1) is 26.5. The molecule has 2 heterocycles. The van der Waals surface area contributed by atoms with E-state index < -0.39 is 0 Å². The van der Waals surface area contributed by atoms with Crippen molar-refractivity contribution in [3.05, 3.63) is 145 Å². The van der Waals surface area contributed by atoms with Crippen LogP contribution < -0.4 is 5.73 Å². The van der Waals surface area contributed by atoms with Gasteiger partial charge in [-0.25, -0.2) is 9.97 Å². The fourth-order valence-corrected chi connectivity index (χ4v) is 3.58. The van der Waals surface area contributed by atoms with E-state index in [-0.39, 0.29) is 0 Å². The Morgan fingerprint density at radius 3 is 1.67 bits per heavy atom. The van der Waals surface area contributed by atoms with E-state index in [1.165, 1.54) is 0 Å². The molecule has 0 aliphatic rings. The van der Waals surface area contributed by atoms with Crippen molar-refractivity contribution in [3.63, 3.8) is 0 Å². The van der Waals surface area contributed by atoms with E-state index >= 15 is 0 Å². The van der Waals surface area contributed by atoms with Gasteiger partial charge in [0.05, 0.1) is 42.1 Å². The van der Waals surface area contributed by atoms with Crippen LogP contribution in [-0.2, 0) is 0 Å². The lowest BCUT2D eigenvalue weighted by molar-refractivity contribution is 0.112. The lowest BCUT2D eigenvalue weighted by Crippen LogP contribution is -1.88. The van der Waals surface area contributed by atoms with Crippen LogP contribution in [0.25, 0.3) is 22.5 Å². The predicted molar refractivity (Wildman–Crippen MR) is 158 cm³/mol. The predicted octanol–water partition coefficient (Wildman–Crippen LogP) is 6.99. The Balaban J connectivity index is 0.000000150. The SMILES string of the molecule is C(=Nc1ccccc1-c1cnc[nH]1)c1ccccc1.Nc1ccccc1-c1cnc[nH]1.O=Cc1ccccc1. The highest BCUT2D eigenvalue weighted by atomic mass is 16.1. The quantitative estimate of drug-likeness (QED) is 0.131. The normalized spacial score (nSPS) is 10.2. The summed E-state index contributed by atoms with van der Waals surface area (Å²) < 4.78 is 0. The number of nitrogens with one attached hydrogen (secondary N) is 2. The third-order valence-electron chi connectivity index (χ3n) is 5.53. The van der Waals surface area contributed by atoms with E-state index in [9.17, 15) is 4.79 Å². The number of H-pyrrole nitrogens is 2. The zero-order valence-corrected chi connectivity index (χ0v) is 21.2. The van der Waals surface area contributed by atoms with Crippen LogP contribution in [0.4, 0.5) is 11.4 Å². The maximum Gasteiger partial charge on any atom is 0.150 e. The van der Waals surface area contributed by atoms with Crippen LogP contribution in [0.3, 0.4) is 0 Å². The van der Waals surface area contributed by atoms with E-state index in [0.717, 1.165) is 51.3 Å². The molecule has 4 aromatic carbocycles. The molecule has 6 aromatic rings. The van der Waals surface area contributed by atoms with Gasteiger partial charge in [0, 0.05) is 28.6 Å². The molecule has 0 saturated heterocycles. The van der Waals surface area contributed by atoms with Crippen molar-refractivity contribution in [1.82, 2.24) is 19.9 Å². The zero-order chi connectivity index (χ0) is 27.1. The fourth-order valence-electron chi connectivity index (χ4n) is 3.58. The van der Waals surface area contributed by atoms with Gasteiger partial charge in [-0.1, -0.05) is 97.1 Å². The highest BCUT2D eigenvalue weighted by molar-refractivity contribution is 5.85. The number of aromatic amines is 2. The van der Waals surface area contributed by atoms with Crippen molar-refractivity contribution in [2.24, 2.45) is 4.99 Å². The van der Waals surface area contributed by atoms with Crippen molar-refractivity contribution < 1.29 is 4.79 Å². The molecule has 0 radical (unpaired) electrons. The van der Waals surface area contributed by atoms with E-state index in [0.29, 0.717) is 0 Å². The summed E-state index contributed by atoms with van der Waals surface area (Å²) in [5.41, 5.74) is 13.2. The minimum absolute atomic E-state index is 0.729. The van der Waals surface area contributed by atoms with Crippen LogP contribution in [0.2, 0.25) is 0 Å². The summed E-state index contributed by atoms with van der Waals surface area (Å²) in [4.78, 5) is 28.7. The van der Waals surface area contributed by atoms with Gasteiger partial charge in [0.25, 0.3) is 0 Å². The van der Waals surface area contributed by atoms with E-state index in [2.05, 4.69) is 24.9 Å². The molecule has 0 bridgehead atoms. The summed E-state index contributed by atoms with van der Waals surface area (Å²) in [6, 6.07) is 34.9. The second-order valence-electron chi connectivity index (χ2n) is 8.23. The smallest absolute Gasteiger partial charge is 0.150 e. The number of hydrogen-bond acceptors (Lipinski definition) is 5. The highest BCUT2D eigenvalue weighted by Gasteiger charge is 2.04. The first-order valence-corrected chi connectivity index (χ1v) is 12.2. The van der Waals surface area contributed by atoms with Gasteiger partial charge in [-0.3, -0.25) is 9.79 Å². The maximum atomic E-state index is 10.0. The average molecular weight is 513 g/mol. The molecule has 0 atom stereocenters. The number of aromatic nitrogens is 4. The van der Waals surface area contributed by atoms with Crippen LogP contribution in [0.1, 0.15) is 15.9 Å². The van der Waals surface area contributed by atoms with E-state index in [1.54, 1.807) is 37.2 Å². The van der Waals surface area contributed by atoms with Crippen molar-refractivity contribution in [2.75, 3.05) is 5.73 Å². The van der Waals surface area contributed by atoms with Gasteiger partial charge in [0.2, 0.25) is 0 Å². The molecule has 0 spiro atoms. The largest absolute Gasteiger partial charge is 0.398 e. The van der Waals surface area contributed by atoms with Gasteiger partial charge in [0.15, 0.2) is 0 Å². The van der Waals surface area contributed by atoms with Crippen LogP contribution in [0.15, 0.2) is 139 Å². The molecule has 7 nitrogen and oxygen atoms in total. The molecule has 0 amide bonds. The molecule has 0 saturated carbocycles. The standard InChI is InChI=1S/C16H13N3.C9H9N3.C7H6O/c1-2-6-13(7-3-1)10-18-15-9-5-4-8-14(15)16-11-17-12-19-16;10-8-4-2-1-3-7(8)9-5-11-6-12-9;8-6-7-4-2-1-3-5-7/h1-12H,(H,17,19);1-6H,10H2,(H,11,12);1-6H. The molecule has 0 aliphatic heterocycles. The number of aliphatic imine (C=N–C) groups is 1.